The van der Waals surface area contributed by atoms with E-state index in [2.05, 4.69) is 11.3 Å². The van der Waals surface area contributed by atoms with Crippen molar-refractivity contribution in [1.29, 1.82) is 0 Å². The largest absolute Gasteiger partial charge is 0.463 e. The van der Waals surface area contributed by atoms with E-state index in [9.17, 15) is 13.2 Å². The van der Waals surface area contributed by atoms with Gasteiger partial charge < -0.3 is 4.74 Å². The molecule has 110 valence electrons. The Kier molecular flexibility index (Phi) is 5.47. The molecule has 0 spiro atoms. The average Bonchev–Trinajstić information content (AvgIpc) is 2.38. The molecule has 0 heterocycles. The van der Waals surface area contributed by atoms with E-state index < -0.39 is 22.0 Å². The molecule has 0 aliphatic carbocycles. The van der Waals surface area contributed by atoms with Crippen molar-refractivity contribution >= 4 is 16.0 Å². The maximum atomic E-state index is 12.1. The third kappa shape index (κ3) is 4.18. The summed E-state index contributed by atoms with van der Waals surface area (Å²) in [6.45, 7) is 8.87. The SMILES string of the molecule is C=C(C(=O)OCC)C(C)NS(=O)(=O)c1ccc(C)cc1. The smallest absolute Gasteiger partial charge is 0.335 e. The van der Waals surface area contributed by atoms with Crippen LogP contribution >= 0.6 is 0 Å². The lowest BCUT2D eigenvalue weighted by Crippen LogP contribution is -2.36. The predicted octanol–water partition coefficient (Wildman–Crippen LogP) is 1.78. The molecule has 1 rings (SSSR count). The monoisotopic (exact) mass is 297 g/mol. The van der Waals surface area contributed by atoms with Crippen molar-refractivity contribution in [2.24, 2.45) is 0 Å². The van der Waals surface area contributed by atoms with Crippen molar-refractivity contribution in [3.8, 4) is 0 Å². The molecular formula is C14H19NO4S. The van der Waals surface area contributed by atoms with Gasteiger partial charge in [-0.2, -0.15) is 0 Å². The highest BCUT2D eigenvalue weighted by Gasteiger charge is 2.22. The Morgan fingerprint density at radius 3 is 2.40 bits per heavy atom. The number of nitrogens with one attached hydrogen (secondary N) is 1. The number of aryl methyl sites for hydroxylation is 1. The lowest BCUT2D eigenvalue weighted by molar-refractivity contribution is -0.138. The minimum absolute atomic E-state index is 0.0718. The Labute approximate surface area is 119 Å². The summed E-state index contributed by atoms with van der Waals surface area (Å²) in [4.78, 5) is 11.6. The molecule has 1 unspecified atom stereocenters. The summed E-state index contributed by atoms with van der Waals surface area (Å²) in [5.74, 6) is -0.605. The van der Waals surface area contributed by atoms with Gasteiger partial charge in [-0.15, -0.1) is 0 Å². The van der Waals surface area contributed by atoms with Gasteiger partial charge in [0, 0.05) is 5.57 Å². The zero-order valence-electron chi connectivity index (χ0n) is 11.8. The summed E-state index contributed by atoms with van der Waals surface area (Å²) < 4.78 is 31.5. The van der Waals surface area contributed by atoms with Crippen molar-refractivity contribution in [2.75, 3.05) is 6.61 Å². The van der Waals surface area contributed by atoms with Crippen LogP contribution in [0.2, 0.25) is 0 Å². The van der Waals surface area contributed by atoms with Crippen LogP contribution in [-0.4, -0.2) is 27.0 Å². The number of sulfonamides is 1. The second-order valence-electron chi connectivity index (χ2n) is 4.40. The van der Waals surface area contributed by atoms with Gasteiger partial charge in [0.25, 0.3) is 0 Å². The van der Waals surface area contributed by atoms with E-state index in [0.717, 1.165) is 5.56 Å². The number of ether oxygens (including phenoxy) is 1. The van der Waals surface area contributed by atoms with Gasteiger partial charge in [-0.1, -0.05) is 24.3 Å². The third-order valence-electron chi connectivity index (χ3n) is 2.72. The van der Waals surface area contributed by atoms with E-state index in [0.29, 0.717) is 0 Å². The Morgan fingerprint density at radius 1 is 1.35 bits per heavy atom. The van der Waals surface area contributed by atoms with Gasteiger partial charge in [-0.05, 0) is 32.9 Å². The molecule has 6 heteroatoms. The Bertz CT molecular complexity index is 590. The lowest BCUT2D eigenvalue weighted by Gasteiger charge is -2.15. The fourth-order valence-corrected chi connectivity index (χ4v) is 2.73. The molecule has 1 atom stereocenters. The van der Waals surface area contributed by atoms with Crippen molar-refractivity contribution in [1.82, 2.24) is 4.72 Å². The first-order chi connectivity index (χ1) is 9.27. The molecule has 1 N–H and O–H groups in total. The second kappa shape index (κ2) is 6.67. The molecule has 0 saturated carbocycles. The van der Waals surface area contributed by atoms with Gasteiger partial charge in [-0.25, -0.2) is 17.9 Å². The highest BCUT2D eigenvalue weighted by Crippen LogP contribution is 2.12. The topological polar surface area (TPSA) is 72.5 Å². The van der Waals surface area contributed by atoms with Gasteiger partial charge in [0.15, 0.2) is 0 Å². The van der Waals surface area contributed by atoms with Gasteiger partial charge in [0.05, 0.1) is 17.5 Å². The van der Waals surface area contributed by atoms with Crippen molar-refractivity contribution in [2.45, 2.75) is 31.7 Å². The molecule has 0 saturated heterocycles. The first kappa shape index (κ1) is 16.4. The number of rotatable bonds is 6. The second-order valence-corrected chi connectivity index (χ2v) is 6.12. The van der Waals surface area contributed by atoms with Crippen molar-refractivity contribution in [3.63, 3.8) is 0 Å². The minimum Gasteiger partial charge on any atom is -0.463 e. The zero-order valence-corrected chi connectivity index (χ0v) is 12.7. The summed E-state index contributed by atoms with van der Waals surface area (Å²) in [6, 6.07) is 5.70. The van der Waals surface area contributed by atoms with E-state index in [1.54, 1.807) is 26.0 Å². The molecule has 0 radical (unpaired) electrons. The van der Waals surface area contributed by atoms with Crippen LogP contribution in [0.1, 0.15) is 19.4 Å². The summed E-state index contributed by atoms with van der Waals surface area (Å²) in [5, 5.41) is 0. The molecule has 0 amide bonds. The third-order valence-corrected chi connectivity index (χ3v) is 4.28. The molecule has 0 aromatic heterocycles. The quantitative estimate of drug-likeness (QED) is 0.641. The average molecular weight is 297 g/mol. The predicted molar refractivity (Wildman–Crippen MR) is 76.7 cm³/mol. The fraction of sp³-hybridized carbons (Fsp3) is 0.357. The van der Waals surface area contributed by atoms with E-state index in [4.69, 9.17) is 4.74 Å². The van der Waals surface area contributed by atoms with Crippen molar-refractivity contribution in [3.05, 3.63) is 42.0 Å². The molecule has 1 aromatic rings. The van der Waals surface area contributed by atoms with Crippen LogP contribution < -0.4 is 4.72 Å². The number of esters is 1. The highest BCUT2D eigenvalue weighted by atomic mass is 32.2. The van der Waals surface area contributed by atoms with Crippen LogP contribution in [0, 0.1) is 6.92 Å². The Hall–Kier alpha value is -1.66. The molecule has 0 aliphatic heterocycles. The van der Waals surface area contributed by atoms with E-state index in [1.165, 1.54) is 12.1 Å². The standard InChI is InChI=1S/C14H19NO4S/c1-5-19-14(16)11(3)12(4)15-20(17,18)13-8-6-10(2)7-9-13/h6-9,12,15H,3,5H2,1-2,4H3. The number of hydrogen-bond donors (Lipinski definition) is 1. The van der Waals surface area contributed by atoms with Gasteiger partial charge in [0.1, 0.15) is 0 Å². The van der Waals surface area contributed by atoms with Gasteiger partial charge in [-0.3, -0.25) is 0 Å². The Morgan fingerprint density at radius 2 is 1.90 bits per heavy atom. The van der Waals surface area contributed by atoms with Crippen LogP contribution in [0.15, 0.2) is 41.3 Å². The maximum absolute atomic E-state index is 12.1. The van der Waals surface area contributed by atoms with E-state index in [-0.39, 0.29) is 17.1 Å². The summed E-state index contributed by atoms with van der Waals surface area (Å²) in [6.07, 6.45) is 0. The first-order valence-electron chi connectivity index (χ1n) is 6.23. The van der Waals surface area contributed by atoms with E-state index >= 15 is 0 Å². The molecule has 0 fully saturated rings. The number of benzene rings is 1. The number of carbonyl (C=O) groups is 1. The van der Waals surface area contributed by atoms with Crippen LogP contribution in [0.5, 0.6) is 0 Å². The summed E-state index contributed by atoms with van der Waals surface area (Å²) >= 11 is 0. The van der Waals surface area contributed by atoms with Crippen LogP contribution in [0.3, 0.4) is 0 Å². The molecule has 1 aromatic carbocycles. The molecular weight excluding hydrogens is 278 g/mol. The Balaban J connectivity index is 2.83. The van der Waals surface area contributed by atoms with Gasteiger partial charge >= 0.3 is 5.97 Å². The van der Waals surface area contributed by atoms with Crippen molar-refractivity contribution < 1.29 is 17.9 Å². The van der Waals surface area contributed by atoms with Gasteiger partial charge in [0.2, 0.25) is 10.0 Å². The number of hydrogen-bond acceptors (Lipinski definition) is 4. The number of carbonyl (C=O) groups excluding carboxylic acids is 1. The molecule has 5 nitrogen and oxygen atoms in total. The van der Waals surface area contributed by atoms with E-state index in [1.807, 2.05) is 6.92 Å². The molecule has 0 aliphatic rings. The molecule has 0 bridgehead atoms. The summed E-state index contributed by atoms with van der Waals surface area (Å²) in [7, 11) is -3.69. The minimum atomic E-state index is -3.69. The van der Waals surface area contributed by atoms with Crippen LogP contribution in [0.4, 0.5) is 0 Å². The first-order valence-corrected chi connectivity index (χ1v) is 7.71. The highest BCUT2D eigenvalue weighted by molar-refractivity contribution is 7.89. The van der Waals surface area contributed by atoms with Crippen LogP contribution in [-0.2, 0) is 19.6 Å². The fourth-order valence-electron chi connectivity index (χ4n) is 1.49. The molecule has 20 heavy (non-hydrogen) atoms. The van der Waals surface area contributed by atoms with Crippen LogP contribution in [0.25, 0.3) is 0 Å². The lowest BCUT2D eigenvalue weighted by atomic mass is 10.2. The summed E-state index contributed by atoms with van der Waals surface area (Å²) in [5.41, 5.74) is 1.04. The normalized spacial score (nSPS) is 12.8. The maximum Gasteiger partial charge on any atom is 0.335 e. The zero-order chi connectivity index (χ0) is 15.3.